The molecule has 0 amide bonds. The molecule has 98 valence electrons. The summed E-state index contributed by atoms with van der Waals surface area (Å²) in [5.74, 6) is -0.478. The molecule has 3 aromatic rings. The molecule has 0 radical (unpaired) electrons. The van der Waals surface area contributed by atoms with Crippen LogP contribution in [0.1, 0.15) is 15.9 Å². The van der Waals surface area contributed by atoms with Crippen molar-refractivity contribution in [3.05, 3.63) is 70.0 Å². The van der Waals surface area contributed by atoms with Gasteiger partial charge in [0.2, 0.25) is 0 Å². The van der Waals surface area contributed by atoms with Crippen LogP contribution in [0.5, 0.6) is 0 Å². The maximum atomic E-state index is 12.3. The third-order valence-electron chi connectivity index (χ3n) is 3.06. The molecule has 0 saturated carbocycles. The Kier molecular flexibility index (Phi) is 2.87. The molecule has 2 aromatic carbocycles. The minimum atomic E-state index is -0.478. The third kappa shape index (κ3) is 1.99. The second kappa shape index (κ2) is 4.70. The van der Waals surface area contributed by atoms with Crippen molar-refractivity contribution in [3.63, 3.8) is 0 Å². The number of hydrogen-bond donors (Lipinski definition) is 0. The number of carbonyl (C=O) groups excluding carboxylic acids is 1. The van der Waals surface area contributed by atoms with Crippen molar-refractivity contribution in [3.8, 4) is 0 Å². The van der Waals surface area contributed by atoms with Crippen LogP contribution in [0.3, 0.4) is 0 Å². The number of aromatic nitrogens is 3. The maximum absolute atomic E-state index is 12.3. The summed E-state index contributed by atoms with van der Waals surface area (Å²) in [6.07, 6.45) is 0. The first kappa shape index (κ1) is 12.2. The molecule has 0 unspecified atom stereocenters. The molecule has 5 nitrogen and oxygen atoms in total. The lowest BCUT2D eigenvalue weighted by Gasteiger charge is -2.03. The molecule has 0 N–H and O–H groups in total. The SMILES string of the molecule is Cc1ccc(C(=O)n2nnc3ccccc3c2=O)cc1. The van der Waals surface area contributed by atoms with Crippen molar-refractivity contribution >= 4 is 16.8 Å². The Morgan fingerprint density at radius 2 is 1.75 bits per heavy atom. The zero-order valence-corrected chi connectivity index (χ0v) is 10.8. The van der Waals surface area contributed by atoms with Gasteiger partial charge in [0.15, 0.2) is 0 Å². The molecule has 0 atom stereocenters. The molecule has 5 heteroatoms. The molecule has 0 bridgehead atoms. The molecule has 0 spiro atoms. The first-order valence-electron chi connectivity index (χ1n) is 6.13. The second-order valence-corrected chi connectivity index (χ2v) is 4.49. The van der Waals surface area contributed by atoms with E-state index < -0.39 is 11.5 Å². The summed E-state index contributed by atoms with van der Waals surface area (Å²) in [7, 11) is 0. The monoisotopic (exact) mass is 265 g/mol. The van der Waals surface area contributed by atoms with E-state index in [1.807, 2.05) is 19.1 Å². The normalized spacial score (nSPS) is 10.7. The number of nitrogens with zero attached hydrogens (tertiary/aromatic N) is 3. The van der Waals surface area contributed by atoms with E-state index in [4.69, 9.17) is 0 Å². The van der Waals surface area contributed by atoms with E-state index in [2.05, 4.69) is 10.3 Å². The fraction of sp³-hybridized carbons (Fsp3) is 0.0667. The average Bonchev–Trinajstić information content (AvgIpc) is 2.48. The van der Waals surface area contributed by atoms with E-state index in [1.165, 1.54) is 0 Å². The standard InChI is InChI=1S/C15H11N3O2/c1-10-6-8-11(9-7-10)14(19)18-15(20)12-4-2-3-5-13(12)16-17-18/h2-9H,1H3. The van der Waals surface area contributed by atoms with Gasteiger partial charge in [0.1, 0.15) is 5.52 Å². The van der Waals surface area contributed by atoms with Gasteiger partial charge in [-0.1, -0.05) is 35.0 Å². The predicted octanol–water partition coefficient (Wildman–Crippen LogP) is 1.79. The van der Waals surface area contributed by atoms with Gasteiger partial charge in [-0.2, -0.15) is 0 Å². The highest BCUT2D eigenvalue weighted by Gasteiger charge is 2.14. The summed E-state index contributed by atoms with van der Waals surface area (Å²) in [6.45, 7) is 1.93. The Morgan fingerprint density at radius 3 is 2.50 bits per heavy atom. The second-order valence-electron chi connectivity index (χ2n) is 4.49. The molecule has 0 saturated heterocycles. The fourth-order valence-electron chi connectivity index (χ4n) is 1.94. The van der Waals surface area contributed by atoms with Gasteiger partial charge in [-0.25, -0.2) is 0 Å². The minimum Gasteiger partial charge on any atom is -0.267 e. The van der Waals surface area contributed by atoms with Gasteiger partial charge in [0, 0.05) is 5.56 Å². The topological polar surface area (TPSA) is 64.8 Å². The molecule has 20 heavy (non-hydrogen) atoms. The van der Waals surface area contributed by atoms with E-state index in [9.17, 15) is 9.59 Å². The van der Waals surface area contributed by atoms with Crippen LogP contribution in [-0.4, -0.2) is 20.9 Å². The lowest BCUT2D eigenvalue weighted by atomic mass is 10.1. The third-order valence-corrected chi connectivity index (χ3v) is 3.06. The maximum Gasteiger partial charge on any atom is 0.285 e. The van der Waals surface area contributed by atoms with Crippen molar-refractivity contribution in [1.82, 2.24) is 15.0 Å². The number of fused-ring (bicyclic) bond motifs is 1. The Hall–Kier alpha value is -2.82. The van der Waals surface area contributed by atoms with E-state index in [0.29, 0.717) is 16.5 Å². The van der Waals surface area contributed by atoms with Gasteiger partial charge in [-0.3, -0.25) is 9.59 Å². The number of hydrogen-bond acceptors (Lipinski definition) is 4. The lowest BCUT2D eigenvalue weighted by molar-refractivity contribution is 0.0936. The van der Waals surface area contributed by atoms with Gasteiger partial charge in [0.25, 0.3) is 11.5 Å². The van der Waals surface area contributed by atoms with Crippen LogP contribution in [0.25, 0.3) is 10.9 Å². The van der Waals surface area contributed by atoms with E-state index in [-0.39, 0.29) is 0 Å². The molecule has 0 aliphatic carbocycles. The van der Waals surface area contributed by atoms with Gasteiger partial charge in [-0.15, -0.1) is 9.78 Å². The Bertz CT molecular complexity index is 851. The van der Waals surface area contributed by atoms with Crippen molar-refractivity contribution in [1.29, 1.82) is 0 Å². The van der Waals surface area contributed by atoms with E-state index in [1.54, 1.807) is 36.4 Å². The molecule has 0 aliphatic heterocycles. The van der Waals surface area contributed by atoms with Crippen LogP contribution in [0.4, 0.5) is 0 Å². The Balaban J connectivity index is 2.15. The van der Waals surface area contributed by atoms with E-state index in [0.717, 1.165) is 10.2 Å². The number of carbonyl (C=O) groups is 1. The van der Waals surface area contributed by atoms with Crippen LogP contribution in [0.2, 0.25) is 0 Å². The minimum absolute atomic E-state index is 0.378. The summed E-state index contributed by atoms with van der Waals surface area (Å²) in [4.78, 5) is 24.5. The molecular weight excluding hydrogens is 254 g/mol. The first-order chi connectivity index (χ1) is 9.66. The number of rotatable bonds is 1. The molecule has 0 aliphatic rings. The van der Waals surface area contributed by atoms with Gasteiger partial charge in [0.05, 0.1) is 5.39 Å². The number of aryl methyl sites for hydroxylation is 1. The quantitative estimate of drug-likeness (QED) is 0.673. The average molecular weight is 265 g/mol. The zero-order valence-electron chi connectivity index (χ0n) is 10.8. The molecule has 1 heterocycles. The van der Waals surface area contributed by atoms with Crippen molar-refractivity contribution < 1.29 is 4.79 Å². The van der Waals surface area contributed by atoms with Crippen LogP contribution >= 0.6 is 0 Å². The van der Waals surface area contributed by atoms with Crippen molar-refractivity contribution in [2.45, 2.75) is 6.92 Å². The first-order valence-corrected chi connectivity index (χ1v) is 6.13. The highest BCUT2D eigenvalue weighted by atomic mass is 16.2. The van der Waals surface area contributed by atoms with Crippen LogP contribution < -0.4 is 5.56 Å². The Morgan fingerprint density at radius 1 is 1.05 bits per heavy atom. The van der Waals surface area contributed by atoms with Crippen LogP contribution in [0.15, 0.2) is 53.3 Å². The molecule has 3 rings (SSSR count). The molecular formula is C15H11N3O2. The zero-order chi connectivity index (χ0) is 14.1. The Labute approximate surface area is 114 Å². The van der Waals surface area contributed by atoms with Gasteiger partial charge >= 0.3 is 0 Å². The fourth-order valence-corrected chi connectivity index (χ4v) is 1.94. The summed E-state index contributed by atoms with van der Waals surface area (Å²) in [5.41, 5.74) is 1.47. The van der Waals surface area contributed by atoms with Crippen LogP contribution in [0, 0.1) is 6.92 Å². The van der Waals surface area contributed by atoms with Crippen LogP contribution in [-0.2, 0) is 0 Å². The molecule has 1 aromatic heterocycles. The van der Waals surface area contributed by atoms with Gasteiger partial charge in [-0.05, 0) is 31.2 Å². The highest BCUT2D eigenvalue weighted by molar-refractivity contribution is 5.96. The summed E-state index contributed by atoms with van der Waals surface area (Å²) >= 11 is 0. The van der Waals surface area contributed by atoms with E-state index >= 15 is 0 Å². The van der Waals surface area contributed by atoms with Crippen molar-refractivity contribution in [2.75, 3.05) is 0 Å². The smallest absolute Gasteiger partial charge is 0.267 e. The highest BCUT2D eigenvalue weighted by Crippen LogP contribution is 2.06. The van der Waals surface area contributed by atoms with Crippen molar-refractivity contribution in [2.24, 2.45) is 0 Å². The molecule has 0 fully saturated rings. The largest absolute Gasteiger partial charge is 0.285 e. The number of benzene rings is 2. The van der Waals surface area contributed by atoms with Gasteiger partial charge < -0.3 is 0 Å². The summed E-state index contributed by atoms with van der Waals surface area (Å²) in [6, 6.07) is 13.8. The lowest BCUT2D eigenvalue weighted by Crippen LogP contribution is -2.30. The predicted molar refractivity (Wildman–Crippen MR) is 74.7 cm³/mol. The summed E-state index contributed by atoms with van der Waals surface area (Å²) in [5, 5.41) is 7.99. The summed E-state index contributed by atoms with van der Waals surface area (Å²) < 4.78 is 0.799.